The Morgan fingerprint density at radius 1 is 1.38 bits per heavy atom. The number of carbonyl (C=O) groups excluding carboxylic acids is 1. The van der Waals surface area contributed by atoms with Gasteiger partial charge in [-0.25, -0.2) is 0 Å². The lowest BCUT2D eigenvalue weighted by atomic mass is 9.82. The Balaban J connectivity index is 2.18. The number of carboxylic acid groups (broad SMARTS) is 1. The lowest BCUT2D eigenvalue weighted by Gasteiger charge is -2.26. The molecule has 0 aromatic carbocycles. The minimum Gasteiger partial charge on any atom is -0.481 e. The van der Waals surface area contributed by atoms with Gasteiger partial charge in [-0.15, -0.1) is 0 Å². The van der Waals surface area contributed by atoms with Crippen LogP contribution < -0.4 is 5.32 Å². The van der Waals surface area contributed by atoms with Crippen molar-refractivity contribution in [2.24, 2.45) is 5.41 Å². The van der Waals surface area contributed by atoms with Crippen molar-refractivity contribution in [3.05, 3.63) is 0 Å². The Labute approximate surface area is 126 Å². The van der Waals surface area contributed by atoms with Crippen LogP contribution in [0, 0.1) is 5.41 Å². The monoisotopic (exact) mass is 301 g/mol. The lowest BCUT2D eigenvalue weighted by Crippen LogP contribution is -2.42. The van der Waals surface area contributed by atoms with Crippen LogP contribution in [0.25, 0.3) is 0 Å². The average molecular weight is 301 g/mol. The summed E-state index contributed by atoms with van der Waals surface area (Å²) in [7, 11) is 0. The van der Waals surface area contributed by atoms with Crippen molar-refractivity contribution in [1.82, 2.24) is 5.32 Å². The van der Waals surface area contributed by atoms with Gasteiger partial charge >= 0.3 is 5.97 Å². The normalized spacial score (nSPS) is 18.7. The average Bonchev–Trinajstić information content (AvgIpc) is 2.98. The van der Waals surface area contributed by atoms with Crippen LogP contribution in [0.2, 0.25) is 0 Å². The molecular formula is C15H27NO5. The van der Waals surface area contributed by atoms with Gasteiger partial charge in [0.2, 0.25) is 5.91 Å². The van der Waals surface area contributed by atoms with Crippen molar-refractivity contribution in [2.75, 3.05) is 26.4 Å². The predicted octanol–water partition coefficient (Wildman–Crippen LogP) is 1.58. The van der Waals surface area contributed by atoms with Crippen LogP contribution in [-0.4, -0.2) is 49.5 Å². The standard InChI is InChI=1S/C15H27NO5/c1-3-15(4-2,14(18)19)11-16-13(17)7-9-20-10-12-6-5-8-21-12/h12H,3-11H2,1-2H3,(H,16,17)(H,18,19). The van der Waals surface area contributed by atoms with Crippen LogP contribution in [0.15, 0.2) is 0 Å². The molecule has 2 N–H and O–H groups in total. The quantitative estimate of drug-likeness (QED) is 0.598. The van der Waals surface area contributed by atoms with E-state index in [-0.39, 0.29) is 25.0 Å². The fourth-order valence-electron chi connectivity index (χ4n) is 2.39. The highest BCUT2D eigenvalue weighted by Crippen LogP contribution is 2.25. The molecule has 1 amide bonds. The molecule has 1 aliphatic heterocycles. The first-order valence-corrected chi connectivity index (χ1v) is 7.73. The third kappa shape index (κ3) is 5.63. The van der Waals surface area contributed by atoms with Crippen molar-refractivity contribution in [1.29, 1.82) is 0 Å². The van der Waals surface area contributed by atoms with E-state index in [0.717, 1.165) is 19.4 Å². The maximum atomic E-state index is 11.7. The molecule has 1 atom stereocenters. The highest BCUT2D eigenvalue weighted by molar-refractivity contribution is 5.79. The van der Waals surface area contributed by atoms with Crippen LogP contribution in [0.4, 0.5) is 0 Å². The molecule has 1 rings (SSSR count). The topological polar surface area (TPSA) is 84.9 Å². The summed E-state index contributed by atoms with van der Waals surface area (Å²) in [6.45, 7) is 5.48. The van der Waals surface area contributed by atoms with E-state index >= 15 is 0 Å². The van der Waals surface area contributed by atoms with Crippen LogP contribution in [0.1, 0.15) is 46.0 Å². The molecule has 1 fully saturated rings. The SMILES string of the molecule is CCC(CC)(CNC(=O)CCOCC1CCCO1)C(=O)O. The summed E-state index contributed by atoms with van der Waals surface area (Å²) >= 11 is 0. The minimum absolute atomic E-state index is 0.160. The molecule has 0 spiro atoms. The Morgan fingerprint density at radius 3 is 2.62 bits per heavy atom. The second-order valence-corrected chi connectivity index (χ2v) is 5.53. The molecule has 1 heterocycles. The first-order valence-electron chi connectivity index (χ1n) is 7.73. The van der Waals surface area contributed by atoms with Gasteiger partial charge in [-0.2, -0.15) is 0 Å². The number of carbonyl (C=O) groups is 2. The first kappa shape index (κ1) is 17.9. The summed E-state index contributed by atoms with van der Waals surface area (Å²) in [4.78, 5) is 23.0. The first-order chi connectivity index (χ1) is 10.0. The van der Waals surface area contributed by atoms with E-state index in [1.165, 1.54) is 0 Å². The van der Waals surface area contributed by atoms with Crippen molar-refractivity contribution < 1.29 is 24.2 Å². The highest BCUT2D eigenvalue weighted by Gasteiger charge is 2.34. The molecule has 0 bridgehead atoms. The Bertz CT molecular complexity index is 335. The summed E-state index contributed by atoms with van der Waals surface area (Å²) in [6, 6.07) is 0. The van der Waals surface area contributed by atoms with Crippen molar-refractivity contribution in [2.45, 2.75) is 52.1 Å². The lowest BCUT2D eigenvalue weighted by molar-refractivity contribution is -0.149. The van der Waals surface area contributed by atoms with Crippen LogP contribution in [0.3, 0.4) is 0 Å². The van der Waals surface area contributed by atoms with Gasteiger partial charge in [-0.3, -0.25) is 9.59 Å². The number of ether oxygens (including phenoxy) is 2. The summed E-state index contributed by atoms with van der Waals surface area (Å²) < 4.78 is 10.8. The van der Waals surface area contributed by atoms with Crippen LogP contribution in [0.5, 0.6) is 0 Å². The summed E-state index contributed by atoms with van der Waals surface area (Å²) in [6.07, 6.45) is 3.48. The molecule has 122 valence electrons. The van der Waals surface area contributed by atoms with Crippen LogP contribution in [-0.2, 0) is 19.1 Å². The molecule has 1 unspecified atom stereocenters. The van der Waals surface area contributed by atoms with Crippen molar-refractivity contribution in [3.8, 4) is 0 Å². The van der Waals surface area contributed by atoms with Gasteiger partial charge < -0.3 is 19.9 Å². The van der Waals surface area contributed by atoms with Gasteiger partial charge in [0, 0.05) is 19.6 Å². The summed E-state index contributed by atoms with van der Waals surface area (Å²) in [5.74, 6) is -1.03. The molecule has 6 nitrogen and oxygen atoms in total. The van der Waals surface area contributed by atoms with Gasteiger partial charge in [-0.05, 0) is 25.7 Å². The summed E-state index contributed by atoms with van der Waals surface area (Å²) in [5.41, 5.74) is -0.867. The van der Waals surface area contributed by atoms with E-state index in [4.69, 9.17) is 9.47 Å². The molecule has 0 aromatic heterocycles. The number of aliphatic carboxylic acids is 1. The number of carboxylic acids is 1. The fourth-order valence-corrected chi connectivity index (χ4v) is 2.39. The van der Waals surface area contributed by atoms with Gasteiger partial charge in [-0.1, -0.05) is 13.8 Å². The molecule has 0 aliphatic carbocycles. The second kappa shape index (κ2) is 9.00. The number of rotatable bonds is 10. The molecule has 1 aliphatic rings. The molecule has 21 heavy (non-hydrogen) atoms. The van der Waals surface area contributed by atoms with E-state index in [1.54, 1.807) is 0 Å². The maximum absolute atomic E-state index is 11.7. The van der Waals surface area contributed by atoms with E-state index in [1.807, 2.05) is 13.8 Å². The van der Waals surface area contributed by atoms with E-state index in [2.05, 4.69) is 5.32 Å². The number of hydrogen-bond acceptors (Lipinski definition) is 4. The molecule has 1 saturated heterocycles. The molecule has 6 heteroatoms. The van der Waals surface area contributed by atoms with Crippen molar-refractivity contribution in [3.63, 3.8) is 0 Å². The Morgan fingerprint density at radius 2 is 2.10 bits per heavy atom. The number of nitrogens with one attached hydrogen (secondary N) is 1. The predicted molar refractivity (Wildman–Crippen MR) is 78.1 cm³/mol. The highest BCUT2D eigenvalue weighted by atomic mass is 16.5. The number of amides is 1. The zero-order valence-corrected chi connectivity index (χ0v) is 13.0. The third-order valence-corrected chi connectivity index (χ3v) is 4.23. The Hall–Kier alpha value is -1.14. The molecule has 0 radical (unpaired) electrons. The van der Waals surface area contributed by atoms with Gasteiger partial charge in [0.25, 0.3) is 0 Å². The molecule has 0 aromatic rings. The zero-order chi connectivity index (χ0) is 15.7. The minimum atomic E-state index is -0.867. The summed E-state index contributed by atoms with van der Waals surface area (Å²) in [5, 5.41) is 12.0. The smallest absolute Gasteiger partial charge is 0.311 e. The number of hydrogen-bond donors (Lipinski definition) is 2. The maximum Gasteiger partial charge on any atom is 0.311 e. The van der Waals surface area contributed by atoms with Crippen LogP contribution >= 0.6 is 0 Å². The fraction of sp³-hybridized carbons (Fsp3) is 0.867. The van der Waals surface area contributed by atoms with Gasteiger partial charge in [0.1, 0.15) is 0 Å². The molecular weight excluding hydrogens is 274 g/mol. The zero-order valence-electron chi connectivity index (χ0n) is 13.0. The van der Waals surface area contributed by atoms with Crippen molar-refractivity contribution >= 4 is 11.9 Å². The van der Waals surface area contributed by atoms with E-state index in [0.29, 0.717) is 26.1 Å². The third-order valence-electron chi connectivity index (χ3n) is 4.23. The Kier molecular flexibility index (Phi) is 7.67. The van der Waals surface area contributed by atoms with Gasteiger partial charge in [0.05, 0.1) is 24.7 Å². The molecule has 0 saturated carbocycles. The van der Waals surface area contributed by atoms with Gasteiger partial charge in [0.15, 0.2) is 0 Å². The van der Waals surface area contributed by atoms with E-state index in [9.17, 15) is 14.7 Å². The second-order valence-electron chi connectivity index (χ2n) is 5.53. The largest absolute Gasteiger partial charge is 0.481 e. The van der Waals surface area contributed by atoms with E-state index < -0.39 is 11.4 Å².